The molecule has 0 saturated carbocycles. The van der Waals surface area contributed by atoms with E-state index < -0.39 is 22.0 Å². The fourth-order valence-electron chi connectivity index (χ4n) is 4.82. The van der Waals surface area contributed by atoms with Crippen molar-refractivity contribution in [1.29, 1.82) is 0 Å². The number of carbonyl (C=O) groups is 3. The third-order valence-corrected chi connectivity index (χ3v) is 8.55. The summed E-state index contributed by atoms with van der Waals surface area (Å²) in [6.45, 7) is 1.96. The number of rotatable bonds is 12. The van der Waals surface area contributed by atoms with Gasteiger partial charge in [-0.1, -0.05) is 67.6 Å². The van der Waals surface area contributed by atoms with Gasteiger partial charge in [0.1, 0.15) is 5.70 Å². The van der Waals surface area contributed by atoms with E-state index >= 15 is 0 Å². The lowest BCUT2D eigenvalue weighted by molar-refractivity contribution is -0.384. The van der Waals surface area contributed by atoms with Crippen LogP contribution in [0.4, 0.5) is 22.7 Å². The summed E-state index contributed by atoms with van der Waals surface area (Å²) in [5.74, 6) is -1.16. The van der Waals surface area contributed by atoms with Gasteiger partial charge in [0.2, 0.25) is 5.91 Å². The van der Waals surface area contributed by atoms with Crippen molar-refractivity contribution in [2.75, 3.05) is 10.2 Å². The lowest BCUT2D eigenvalue weighted by Gasteiger charge is -2.27. The fraction of sp³-hybridized carbons (Fsp3) is 0.0789. The van der Waals surface area contributed by atoms with E-state index in [1.54, 1.807) is 53.4 Å². The van der Waals surface area contributed by atoms with Crippen LogP contribution in [0.5, 0.6) is 0 Å². The molecule has 10 heteroatoms. The van der Waals surface area contributed by atoms with Crippen LogP contribution in [0.25, 0.3) is 6.08 Å². The number of hydrogen-bond donors (Lipinski definition) is 2. The number of para-hydroxylation sites is 2. The third-order valence-electron chi connectivity index (χ3n) is 7.21. The number of nitrogens with zero attached hydrogens (tertiary/aromatic N) is 2. The lowest BCUT2D eigenvalue weighted by Crippen LogP contribution is -2.34. The Labute approximate surface area is 282 Å². The van der Waals surface area contributed by atoms with Crippen molar-refractivity contribution in [3.05, 3.63) is 166 Å². The minimum atomic E-state index is -0.595. The van der Waals surface area contributed by atoms with Crippen LogP contribution >= 0.6 is 11.8 Å². The van der Waals surface area contributed by atoms with E-state index in [-0.39, 0.29) is 17.3 Å². The number of anilines is 3. The molecule has 240 valence electrons. The Bertz CT molecular complexity index is 1880. The van der Waals surface area contributed by atoms with Gasteiger partial charge in [0.25, 0.3) is 17.5 Å². The van der Waals surface area contributed by atoms with Gasteiger partial charge in [-0.25, -0.2) is 0 Å². The molecule has 0 heterocycles. The molecule has 0 fully saturated rings. The van der Waals surface area contributed by atoms with Gasteiger partial charge in [0.05, 0.1) is 10.2 Å². The molecular weight excluding hydrogens is 625 g/mol. The van der Waals surface area contributed by atoms with Crippen LogP contribution < -0.4 is 15.5 Å². The van der Waals surface area contributed by atoms with E-state index in [2.05, 4.69) is 10.6 Å². The zero-order chi connectivity index (χ0) is 33.9. The minimum Gasteiger partial charge on any atom is -0.321 e. The molecule has 5 aromatic rings. The Kier molecular flexibility index (Phi) is 11.1. The Morgan fingerprint density at radius 3 is 1.94 bits per heavy atom. The highest BCUT2D eigenvalue weighted by atomic mass is 32.2. The maximum atomic E-state index is 14.0. The number of nitro benzene ring substituents is 1. The smallest absolute Gasteiger partial charge is 0.272 e. The summed E-state index contributed by atoms with van der Waals surface area (Å²) in [7, 11) is 0. The monoisotopic (exact) mass is 656 g/mol. The van der Waals surface area contributed by atoms with E-state index in [4.69, 9.17) is 0 Å². The van der Waals surface area contributed by atoms with Crippen LogP contribution in [-0.4, -0.2) is 27.9 Å². The summed E-state index contributed by atoms with van der Waals surface area (Å²) >= 11 is 1.40. The molecule has 3 amide bonds. The van der Waals surface area contributed by atoms with Crippen LogP contribution in [0.1, 0.15) is 29.3 Å². The van der Waals surface area contributed by atoms with Crippen LogP contribution in [0.2, 0.25) is 0 Å². The number of amides is 3. The molecule has 0 saturated heterocycles. The predicted molar refractivity (Wildman–Crippen MR) is 190 cm³/mol. The summed E-state index contributed by atoms with van der Waals surface area (Å²) in [6, 6.07) is 40.2. The molecule has 0 aliphatic rings. The van der Waals surface area contributed by atoms with Gasteiger partial charge in [0.15, 0.2) is 0 Å². The molecule has 2 N–H and O–H groups in total. The zero-order valence-electron chi connectivity index (χ0n) is 26.0. The van der Waals surface area contributed by atoms with Crippen LogP contribution in [0.3, 0.4) is 0 Å². The van der Waals surface area contributed by atoms with E-state index in [0.717, 1.165) is 16.3 Å². The average molecular weight is 657 g/mol. The number of nitro groups is 1. The highest BCUT2D eigenvalue weighted by Crippen LogP contribution is 2.33. The van der Waals surface area contributed by atoms with Gasteiger partial charge in [0, 0.05) is 39.7 Å². The number of non-ortho nitro benzene ring substituents is 1. The Hall–Kier alpha value is -6.00. The largest absolute Gasteiger partial charge is 0.321 e. The number of nitrogens with one attached hydrogen (secondary N) is 2. The predicted octanol–water partition coefficient (Wildman–Crippen LogP) is 8.24. The van der Waals surface area contributed by atoms with Gasteiger partial charge >= 0.3 is 0 Å². The first-order valence-corrected chi connectivity index (χ1v) is 16.0. The molecule has 1 atom stereocenters. The van der Waals surface area contributed by atoms with E-state index in [0.29, 0.717) is 23.2 Å². The van der Waals surface area contributed by atoms with Crippen molar-refractivity contribution in [2.45, 2.75) is 23.5 Å². The third kappa shape index (κ3) is 8.62. The second-order valence-electron chi connectivity index (χ2n) is 10.6. The highest BCUT2D eigenvalue weighted by molar-refractivity contribution is 8.00. The van der Waals surface area contributed by atoms with Crippen LogP contribution in [0, 0.1) is 10.1 Å². The molecule has 1 unspecified atom stereocenters. The molecule has 5 rings (SSSR count). The quantitative estimate of drug-likeness (QED) is 0.0604. The van der Waals surface area contributed by atoms with Crippen molar-refractivity contribution in [1.82, 2.24) is 5.32 Å². The molecule has 5 aromatic carbocycles. The number of benzene rings is 5. The highest BCUT2D eigenvalue weighted by Gasteiger charge is 2.27. The van der Waals surface area contributed by atoms with Crippen LogP contribution in [0.15, 0.2) is 150 Å². The Morgan fingerprint density at radius 1 is 0.792 bits per heavy atom. The molecule has 0 aliphatic heterocycles. The van der Waals surface area contributed by atoms with Crippen molar-refractivity contribution in [3.63, 3.8) is 0 Å². The first-order valence-electron chi connectivity index (χ1n) is 15.2. The molecule has 0 radical (unpaired) electrons. The van der Waals surface area contributed by atoms with E-state index in [1.165, 1.54) is 42.1 Å². The molecule has 0 aliphatic carbocycles. The molecule has 9 nitrogen and oxygen atoms in total. The van der Waals surface area contributed by atoms with Gasteiger partial charge < -0.3 is 10.6 Å². The van der Waals surface area contributed by atoms with Crippen molar-refractivity contribution in [3.8, 4) is 0 Å². The van der Waals surface area contributed by atoms with Gasteiger partial charge in [-0.05, 0) is 84.8 Å². The van der Waals surface area contributed by atoms with Crippen molar-refractivity contribution < 1.29 is 19.3 Å². The summed E-state index contributed by atoms with van der Waals surface area (Å²) in [5, 5.41) is 16.2. The van der Waals surface area contributed by atoms with Gasteiger partial charge in [-0.2, -0.15) is 0 Å². The first kappa shape index (κ1) is 33.4. The fourth-order valence-corrected chi connectivity index (χ4v) is 5.87. The van der Waals surface area contributed by atoms with Crippen molar-refractivity contribution in [2.24, 2.45) is 0 Å². The molecular formula is C38H32N4O5S. The zero-order valence-corrected chi connectivity index (χ0v) is 26.8. The van der Waals surface area contributed by atoms with Gasteiger partial charge in [-0.15, -0.1) is 11.8 Å². The topological polar surface area (TPSA) is 122 Å². The number of carbonyl (C=O) groups excluding carboxylic acids is 3. The molecule has 0 aromatic heterocycles. The maximum Gasteiger partial charge on any atom is 0.272 e. The first-order chi connectivity index (χ1) is 23.3. The standard InChI is InChI=1S/C38H32N4O5S/c1-2-35(38(45)41(30-16-8-4-9-17-30)31-18-10-5-11-19-31)48-33-20-12-15-29(26-33)39-37(44)34(40-36(43)28-13-6-3-7-14-28)25-27-21-23-32(24-22-27)42(46)47/h3-26,35H,2H2,1H3,(H,39,44)(H,40,43)/b34-25+. The summed E-state index contributed by atoms with van der Waals surface area (Å²) < 4.78 is 0. The Morgan fingerprint density at radius 2 is 1.38 bits per heavy atom. The summed E-state index contributed by atoms with van der Waals surface area (Å²) in [6.07, 6.45) is 2.01. The van der Waals surface area contributed by atoms with E-state index in [9.17, 15) is 24.5 Å². The minimum absolute atomic E-state index is 0.0567. The molecule has 48 heavy (non-hydrogen) atoms. The van der Waals surface area contributed by atoms with Crippen molar-refractivity contribution >= 4 is 58.3 Å². The normalized spacial score (nSPS) is 11.6. The average Bonchev–Trinajstić information content (AvgIpc) is 3.12. The van der Waals surface area contributed by atoms with E-state index in [1.807, 2.05) is 73.7 Å². The second-order valence-corrected chi connectivity index (χ2v) is 11.8. The maximum absolute atomic E-state index is 14.0. The summed E-state index contributed by atoms with van der Waals surface area (Å²) in [4.78, 5) is 53.7. The van der Waals surface area contributed by atoms with Crippen LogP contribution in [-0.2, 0) is 9.59 Å². The summed E-state index contributed by atoms with van der Waals surface area (Å²) in [5.41, 5.74) is 2.66. The van der Waals surface area contributed by atoms with Gasteiger partial charge in [-0.3, -0.25) is 29.4 Å². The Balaban J connectivity index is 1.37. The number of thioether (sulfide) groups is 1. The molecule has 0 spiro atoms. The lowest BCUT2D eigenvalue weighted by atomic mass is 10.1. The second kappa shape index (κ2) is 16.0. The number of hydrogen-bond acceptors (Lipinski definition) is 6. The SMILES string of the molecule is CCC(Sc1cccc(NC(=O)/C(=C\c2ccc([N+](=O)[O-])cc2)NC(=O)c2ccccc2)c1)C(=O)N(c1ccccc1)c1ccccc1. The molecule has 0 bridgehead atoms.